The highest BCUT2D eigenvalue weighted by molar-refractivity contribution is 14.1. The van der Waals surface area contributed by atoms with Crippen LogP contribution in [-0.2, 0) is 5.54 Å². The summed E-state index contributed by atoms with van der Waals surface area (Å²) in [6.07, 6.45) is -2.47. The van der Waals surface area contributed by atoms with E-state index in [1.165, 1.54) is 4.68 Å². The number of aromatic nitrogens is 2. The van der Waals surface area contributed by atoms with Gasteiger partial charge in [-0.1, -0.05) is 0 Å². The summed E-state index contributed by atoms with van der Waals surface area (Å²) in [6.45, 7) is 5.58. The maximum atomic E-state index is 12.8. The molecule has 0 atom stereocenters. The number of rotatable bonds is 1. The first-order chi connectivity index (χ1) is 6.25. The largest absolute Gasteiger partial charge is 0.281 e. The van der Waals surface area contributed by atoms with Crippen molar-refractivity contribution in [3.63, 3.8) is 0 Å². The van der Waals surface area contributed by atoms with Crippen molar-refractivity contribution in [2.75, 3.05) is 0 Å². The molecule has 0 aliphatic heterocycles. The van der Waals surface area contributed by atoms with Crippen LogP contribution in [0.15, 0.2) is 0 Å². The molecule has 0 aromatic carbocycles. The van der Waals surface area contributed by atoms with Gasteiger partial charge in [0.2, 0.25) is 0 Å². The molecule has 1 aromatic rings. The van der Waals surface area contributed by atoms with Crippen LogP contribution >= 0.6 is 45.2 Å². The molecule has 2 nitrogen and oxygen atoms in total. The molecule has 0 saturated heterocycles. The normalized spacial score (nSPS) is 12.6. The van der Waals surface area contributed by atoms with Gasteiger partial charge in [-0.25, -0.2) is 8.78 Å². The molecular weight excluding hydrogens is 416 g/mol. The molecular formula is C8H10F2I2N2. The second-order valence-electron chi connectivity index (χ2n) is 3.87. The standard InChI is InChI=1S/C8H10F2I2N2/c1-8(2,3)14-5(6(9)10)4(11)7(12)13-14/h6H,1-3H3. The molecule has 0 fully saturated rings. The van der Waals surface area contributed by atoms with Crippen LogP contribution < -0.4 is 0 Å². The lowest BCUT2D eigenvalue weighted by atomic mass is 10.1. The Hall–Kier alpha value is 0.530. The summed E-state index contributed by atoms with van der Waals surface area (Å²) in [6, 6.07) is 0. The van der Waals surface area contributed by atoms with E-state index >= 15 is 0 Å². The fourth-order valence-corrected chi connectivity index (χ4v) is 2.15. The van der Waals surface area contributed by atoms with Crippen molar-refractivity contribution >= 4 is 45.2 Å². The molecule has 0 amide bonds. The van der Waals surface area contributed by atoms with Crippen molar-refractivity contribution in [3.8, 4) is 0 Å². The average molecular weight is 426 g/mol. The first-order valence-electron chi connectivity index (χ1n) is 3.97. The molecule has 6 heteroatoms. The number of nitrogens with zero attached hydrogens (tertiary/aromatic N) is 2. The Morgan fingerprint density at radius 3 is 2.07 bits per heavy atom. The van der Waals surface area contributed by atoms with E-state index in [2.05, 4.69) is 5.10 Å². The van der Waals surface area contributed by atoms with E-state index in [9.17, 15) is 8.78 Å². The van der Waals surface area contributed by atoms with Gasteiger partial charge >= 0.3 is 0 Å². The molecule has 0 radical (unpaired) electrons. The topological polar surface area (TPSA) is 17.8 Å². The van der Waals surface area contributed by atoms with Crippen molar-refractivity contribution in [1.29, 1.82) is 0 Å². The van der Waals surface area contributed by atoms with E-state index in [0.29, 0.717) is 7.27 Å². The first kappa shape index (κ1) is 12.6. The summed E-state index contributed by atoms with van der Waals surface area (Å²) in [5.41, 5.74) is -0.391. The lowest BCUT2D eigenvalue weighted by molar-refractivity contribution is 0.129. The third kappa shape index (κ3) is 2.37. The van der Waals surface area contributed by atoms with Gasteiger partial charge in [0.15, 0.2) is 0 Å². The van der Waals surface area contributed by atoms with E-state index in [1.807, 2.05) is 66.0 Å². The van der Waals surface area contributed by atoms with Crippen LogP contribution in [0.3, 0.4) is 0 Å². The number of hydrogen-bond acceptors (Lipinski definition) is 1. The van der Waals surface area contributed by atoms with Gasteiger partial charge in [-0.3, -0.25) is 4.68 Å². The Kier molecular flexibility index (Phi) is 3.77. The van der Waals surface area contributed by atoms with Crippen LogP contribution in [0.4, 0.5) is 8.78 Å². The predicted octanol–water partition coefficient (Wildman–Crippen LogP) is 3.78. The maximum absolute atomic E-state index is 12.8. The summed E-state index contributed by atoms with van der Waals surface area (Å²) in [7, 11) is 0. The lowest BCUT2D eigenvalue weighted by Crippen LogP contribution is -2.25. The van der Waals surface area contributed by atoms with E-state index in [1.54, 1.807) is 0 Å². The SMILES string of the molecule is CC(C)(C)n1nc(I)c(I)c1C(F)F. The lowest BCUT2D eigenvalue weighted by Gasteiger charge is -2.22. The molecule has 1 rings (SSSR count). The van der Waals surface area contributed by atoms with Crippen LogP contribution in [0.2, 0.25) is 0 Å². The predicted molar refractivity (Wildman–Crippen MR) is 67.6 cm³/mol. The molecule has 1 aromatic heterocycles. The minimum absolute atomic E-state index is 0.0162. The molecule has 0 bridgehead atoms. The molecule has 0 N–H and O–H groups in total. The Balaban J connectivity index is 3.37. The van der Waals surface area contributed by atoms with Crippen LogP contribution in [0, 0.1) is 7.27 Å². The maximum Gasteiger partial charge on any atom is 0.281 e. The molecule has 0 unspecified atom stereocenters. The van der Waals surface area contributed by atoms with Gasteiger partial charge < -0.3 is 0 Å². The Bertz CT molecular complexity index is 342. The zero-order chi connectivity index (χ0) is 11.1. The fraction of sp³-hybridized carbons (Fsp3) is 0.625. The van der Waals surface area contributed by atoms with Crippen LogP contribution in [0.5, 0.6) is 0 Å². The van der Waals surface area contributed by atoms with Crippen LogP contribution in [0.25, 0.3) is 0 Å². The minimum Gasteiger partial charge on any atom is -0.256 e. The quantitative estimate of drug-likeness (QED) is 0.626. The van der Waals surface area contributed by atoms with Gasteiger partial charge in [0.1, 0.15) is 9.39 Å². The average Bonchev–Trinajstić information content (AvgIpc) is 2.27. The third-order valence-corrected chi connectivity index (χ3v) is 4.51. The van der Waals surface area contributed by atoms with Gasteiger partial charge in [-0.2, -0.15) is 5.10 Å². The summed E-state index contributed by atoms with van der Waals surface area (Å²) in [5, 5.41) is 4.12. The third-order valence-electron chi connectivity index (χ3n) is 1.66. The van der Waals surface area contributed by atoms with E-state index in [0.717, 1.165) is 0 Å². The van der Waals surface area contributed by atoms with Crippen molar-refractivity contribution in [3.05, 3.63) is 13.0 Å². The zero-order valence-corrected chi connectivity index (χ0v) is 12.3. The highest BCUT2D eigenvalue weighted by Crippen LogP contribution is 2.31. The molecule has 0 aliphatic carbocycles. The van der Waals surface area contributed by atoms with E-state index < -0.39 is 12.0 Å². The number of alkyl halides is 2. The van der Waals surface area contributed by atoms with E-state index in [4.69, 9.17) is 0 Å². The number of halogens is 4. The monoisotopic (exact) mass is 426 g/mol. The molecule has 0 saturated carbocycles. The van der Waals surface area contributed by atoms with Gasteiger partial charge in [-0.15, -0.1) is 0 Å². The van der Waals surface area contributed by atoms with Crippen molar-refractivity contribution in [2.45, 2.75) is 32.7 Å². The first-order valence-corrected chi connectivity index (χ1v) is 6.13. The Morgan fingerprint density at radius 1 is 1.29 bits per heavy atom. The number of hydrogen-bond donors (Lipinski definition) is 0. The second-order valence-corrected chi connectivity index (χ2v) is 5.97. The minimum atomic E-state index is -2.47. The highest BCUT2D eigenvalue weighted by Gasteiger charge is 2.27. The van der Waals surface area contributed by atoms with Crippen LogP contribution in [-0.4, -0.2) is 9.78 Å². The van der Waals surface area contributed by atoms with Crippen molar-refractivity contribution in [1.82, 2.24) is 9.78 Å². The summed E-state index contributed by atoms with van der Waals surface area (Å²) in [4.78, 5) is 0. The van der Waals surface area contributed by atoms with Gasteiger partial charge in [0.25, 0.3) is 6.43 Å². The summed E-state index contributed by atoms with van der Waals surface area (Å²) >= 11 is 3.88. The molecule has 14 heavy (non-hydrogen) atoms. The Labute approximate surface area is 109 Å². The van der Waals surface area contributed by atoms with Gasteiger partial charge in [0.05, 0.1) is 9.11 Å². The fourth-order valence-electron chi connectivity index (χ4n) is 1.08. The van der Waals surface area contributed by atoms with Crippen molar-refractivity contribution in [2.24, 2.45) is 0 Å². The Morgan fingerprint density at radius 2 is 1.79 bits per heavy atom. The zero-order valence-electron chi connectivity index (χ0n) is 7.98. The smallest absolute Gasteiger partial charge is 0.256 e. The van der Waals surface area contributed by atoms with Gasteiger partial charge in [-0.05, 0) is 66.0 Å². The highest BCUT2D eigenvalue weighted by atomic mass is 127. The van der Waals surface area contributed by atoms with Gasteiger partial charge in [0, 0.05) is 0 Å². The molecule has 1 heterocycles. The molecule has 0 spiro atoms. The molecule has 0 aliphatic rings. The van der Waals surface area contributed by atoms with Crippen molar-refractivity contribution < 1.29 is 8.78 Å². The molecule has 80 valence electrons. The summed E-state index contributed by atoms with van der Waals surface area (Å²) < 4.78 is 28.1. The van der Waals surface area contributed by atoms with Crippen LogP contribution in [0.1, 0.15) is 32.9 Å². The van der Waals surface area contributed by atoms with E-state index in [-0.39, 0.29) is 5.69 Å². The summed E-state index contributed by atoms with van der Waals surface area (Å²) in [5.74, 6) is 0. The second kappa shape index (κ2) is 4.18.